The van der Waals surface area contributed by atoms with Crippen LogP contribution in [0, 0.1) is 6.92 Å². The Bertz CT molecular complexity index is 875. The molecule has 28 heavy (non-hydrogen) atoms. The monoisotopic (exact) mass is 426 g/mol. The smallest absolute Gasteiger partial charge is 0.267 e. The van der Waals surface area contributed by atoms with Crippen LogP contribution in [0.2, 0.25) is 0 Å². The maximum absolute atomic E-state index is 12.6. The van der Waals surface area contributed by atoms with Crippen molar-refractivity contribution >= 4 is 28.3 Å². The summed E-state index contributed by atoms with van der Waals surface area (Å²) in [5.41, 5.74) is 1.33. The minimum Gasteiger partial charge on any atom is -0.352 e. The average molecular weight is 427 g/mol. The van der Waals surface area contributed by atoms with Crippen LogP contribution < -0.4 is 10.6 Å². The van der Waals surface area contributed by atoms with Crippen LogP contribution in [0.4, 0.5) is 0 Å². The van der Waals surface area contributed by atoms with E-state index in [1.54, 1.807) is 24.3 Å². The number of aromatic nitrogens is 1. The van der Waals surface area contributed by atoms with Gasteiger partial charge in [0.25, 0.3) is 15.9 Å². The molecule has 2 N–H and O–H groups in total. The van der Waals surface area contributed by atoms with Crippen molar-refractivity contribution in [3.05, 3.63) is 53.9 Å². The molecule has 0 spiro atoms. The Labute approximate surface area is 172 Å². The maximum Gasteiger partial charge on any atom is 0.267 e. The molecule has 1 aliphatic heterocycles. The van der Waals surface area contributed by atoms with E-state index in [-0.39, 0.29) is 23.2 Å². The number of hydrogen-bond donors (Lipinski definition) is 2. The Morgan fingerprint density at radius 1 is 1.14 bits per heavy atom. The molecule has 2 aromatic rings. The minimum atomic E-state index is -3.68. The standard InChI is InChI=1S/C19H26N4O3S.ClH/c1-16-3-5-18(6-4-16)27(25,26)23-12-7-17(15-23)19(24)21-8-2-11-22-13-9-20-10-14-22;/h3-7,12,15,20H,2,8-11,13-14H2,1H3,(H,21,24);1H. The van der Waals surface area contributed by atoms with Gasteiger partial charge in [0.05, 0.1) is 10.5 Å². The number of amides is 1. The van der Waals surface area contributed by atoms with Crippen LogP contribution in [0.3, 0.4) is 0 Å². The molecule has 0 radical (unpaired) electrons. The van der Waals surface area contributed by atoms with Crippen LogP contribution in [-0.2, 0) is 10.0 Å². The molecular formula is C19H27ClN4O3S. The lowest BCUT2D eigenvalue weighted by Crippen LogP contribution is -2.44. The van der Waals surface area contributed by atoms with Gasteiger partial charge in [0.15, 0.2) is 0 Å². The van der Waals surface area contributed by atoms with Crippen molar-refractivity contribution in [3.8, 4) is 0 Å². The first-order valence-electron chi connectivity index (χ1n) is 9.18. The number of carbonyl (C=O) groups excluding carboxylic acids is 1. The zero-order valence-corrected chi connectivity index (χ0v) is 17.6. The number of rotatable bonds is 7. The summed E-state index contributed by atoms with van der Waals surface area (Å²) in [6, 6.07) is 8.17. The fraction of sp³-hybridized carbons (Fsp3) is 0.421. The van der Waals surface area contributed by atoms with Gasteiger partial charge in [0.1, 0.15) is 0 Å². The highest BCUT2D eigenvalue weighted by molar-refractivity contribution is 7.90. The normalized spacial score (nSPS) is 15.0. The molecule has 0 unspecified atom stereocenters. The lowest BCUT2D eigenvalue weighted by Gasteiger charge is -2.27. The van der Waals surface area contributed by atoms with E-state index in [0.717, 1.165) is 48.7 Å². The number of aryl methyl sites for hydroxylation is 1. The van der Waals surface area contributed by atoms with Crippen LogP contribution >= 0.6 is 12.4 Å². The largest absolute Gasteiger partial charge is 0.352 e. The van der Waals surface area contributed by atoms with Gasteiger partial charge in [-0.15, -0.1) is 12.4 Å². The molecule has 0 atom stereocenters. The molecule has 0 bridgehead atoms. The third kappa shape index (κ3) is 5.57. The van der Waals surface area contributed by atoms with Crippen molar-refractivity contribution in [3.63, 3.8) is 0 Å². The Kier molecular flexibility index (Phi) is 8.06. The fourth-order valence-corrected chi connectivity index (χ4v) is 4.23. The fourth-order valence-electron chi connectivity index (χ4n) is 3.03. The van der Waals surface area contributed by atoms with Crippen molar-refractivity contribution in [2.75, 3.05) is 39.3 Å². The lowest BCUT2D eigenvalue weighted by atomic mass is 10.2. The van der Waals surface area contributed by atoms with E-state index >= 15 is 0 Å². The molecule has 1 aliphatic rings. The Morgan fingerprint density at radius 3 is 2.50 bits per heavy atom. The first-order chi connectivity index (χ1) is 13.0. The molecule has 1 amide bonds. The average Bonchev–Trinajstić information content (AvgIpc) is 3.17. The van der Waals surface area contributed by atoms with E-state index < -0.39 is 10.0 Å². The number of piperazine rings is 1. The van der Waals surface area contributed by atoms with E-state index in [9.17, 15) is 13.2 Å². The van der Waals surface area contributed by atoms with Crippen molar-refractivity contribution in [1.82, 2.24) is 19.5 Å². The summed E-state index contributed by atoms with van der Waals surface area (Å²) < 4.78 is 26.4. The predicted molar refractivity (Wildman–Crippen MR) is 112 cm³/mol. The highest BCUT2D eigenvalue weighted by Crippen LogP contribution is 2.16. The third-order valence-electron chi connectivity index (χ3n) is 4.67. The van der Waals surface area contributed by atoms with E-state index in [2.05, 4.69) is 15.5 Å². The highest BCUT2D eigenvalue weighted by Gasteiger charge is 2.18. The summed E-state index contributed by atoms with van der Waals surface area (Å²) in [6.07, 6.45) is 3.64. The molecular weight excluding hydrogens is 400 g/mol. The Hall–Kier alpha value is -1.87. The Morgan fingerprint density at radius 2 is 1.82 bits per heavy atom. The van der Waals surface area contributed by atoms with Gasteiger partial charge in [-0.1, -0.05) is 17.7 Å². The van der Waals surface area contributed by atoms with Gasteiger partial charge in [-0.2, -0.15) is 0 Å². The van der Waals surface area contributed by atoms with Gasteiger partial charge >= 0.3 is 0 Å². The van der Waals surface area contributed by atoms with Crippen LogP contribution in [0.1, 0.15) is 22.3 Å². The van der Waals surface area contributed by atoms with Gasteiger partial charge in [-0.25, -0.2) is 12.4 Å². The van der Waals surface area contributed by atoms with Crippen LogP contribution in [0.5, 0.6) is 0 Å². The molecule has 3 rings (SSSR count). The summed E-state index contributed by atoms with van der Waals surface area (Å²) in [5.74, 6) is -0.256. The second-order valence-electron chi connectivity index (χ2n) is 6.75. The molecule has 0 saturated carbocycles. The molecule has 2 heterocycles. The third-order valence-corrected chi connectivity index (χ3v) is 6.32. The minimum absolute atomic E-state index is 0. The summed E-state index contributed by atoms with van der Waals surface area (Å²) in [4.78, 5) is 14.8. The van der Waals surface area contributed by atoms with Crippen molar-refractivity contribution < 1.29 is 13.2 Å². The maximum atomic E-state index is 12.6. The van der Waals surface area contributed by atoms with Crippen molar-refractivity contribution in [2.24, 2.45) is 0 Å². The predicted octanol–water partition coefficient (Wildman–Crippen LogP) is 1.48. The van der Waals surface area contributed by atoms with Crippen molar-refractivity contribution in [2.45, 2.75) is 18.2 Å². The van der Waals surface area contributed by atoms with E-state index in [1.165, 1.54) is 18.5 Å². The number of nitrogens with zero attached hydrogens (tertiary/aromatic N) is 2. The quantitative estimate of drug-likeness (QED) is 0.655. The second-order valence-corrected chi connectivity index (χ2v) is 8.59. The van der Waals surface area contributed by atoms with E-state index in [4.69, 9.17) is 0 Å². The number of benzene rings is 1. The van der Waals surface area contributed by atoms with Crippen LogP contribution in [0.15, 0.2) is 47.6 Å². The second kappa shape index (κ2) is 10.1. The number of nitrogens with one attached hydrogen (secondary N) is 2. The molecule has 1 fully saturated rings. The molecule has 7 nitrogen and oxygen atoms in total. The molecule has 1 aromatic heterocycles. The van der Waals surface area contributed by atoms with Crippen LogP contribution in [0.25, 0.3) is 0 Å². The first kappa shape index (κ1) is 22.4. The molecule has 1 saturated heterocycles. The van der Waals surface area contributed by atoms with Crippen LogP contribution in [-0.4, -0.2) is 62.5 Å². The van der Waals surface area contributed by atoms with Gasteiger partial charge in [-0.3, -0.25) is 4.79 Å². The van der Waals surface area contributed by atoms with E-state index in [0.29, 0.717) is 12.1 Å². The topological polar surface area (TPSA) is 83.4 Å². The van der Waals surface area contributed by atoms with Crippen molar-refractivity contribution in [1.29, 1.82) is 0 Å². The number of carbonyl (C=O) groups is 1. The molecule has 154 valence electrons. The Balaban J connectivity index is 0.00000280. The zero-order chi connectivity index (χ0) is 19.3. The molecule has 1 aromatic carbocycles. The number of halogens is 1. The van der Waals surface area contributed by atoms with Gasteiger partial charge in [0.2, 0.25) is 0 Å². The summed E-state index contributed by atoms with van der Waals surface area (Å²) >= 11 is 0. The van der Waals surface area contributed by atoms with Gasteiger partial charge in [-0.05, 0) is 38.1 Å². The summed E-state index contributed by atoms with van der Waals surface area (Å²) in [6.45, 7) is 7.51. The molecule has 0 aliphatic carbocycles. The van der Waals surface area contributed by atoms with Gasteiger partial charge in [0, 0.05) is 45.1 Å². The first-order valence-corrected chi connectivity index (χ1v) is 10.6. The number of hydrogen-bond acceptors (Lipinski definition) is 5. The SMILES string of the molecule is Cc1ccc(S(=O)(=O)n2ccc(C(=O)NCCCN3CCNCC3)c2)cc1.Cl. The van der Waals surface area contributed by atoms with E-state index in [1.807, 2.05) is 6.92 Å². The highest BCUT2D eigenvalue weighted by atomic mass is 35.5. The zero-order valence-electron chi connectivity index (χ0n) is 15.9. The van der Waals surface area contributed by atoms with Gasteiger partial charge < -0.3 is 15.5 Å². The summed E-state index contributed by atoms with van der Waals surface area (Å²) in [7, 11) is -3.68. The molecule has 9 heteroatoms. The summed E-state index contributed by atoms with van der Waals surface area (Å²) in [5, 5.41) is 6.17. The lowest BCUT2D eigenvalue weighted by molar-refractivity contribution is 0.0951.